The van der Waals surface area contributed by atoms with Crippen LogP contribution in [0.1, 0.15) is 52.7 Å². The molecule has 0 aliphatic carbocycles. The second kappa shape index (κ2) is 10.1. The normalized spacial score (nSPS) is 12.9. The van der Waals surface area contributed by atoms with E-state index in [4.69, 9.17) is 9.47 Å². The monoisotopic (exact) mass is 510 g/mol. The van der Waals surface area contributed by atoms with E-state index < -0.39 is 33.2 Å². The van der Waals surface area contributed by atoms with Crippen molar-refractivity contribution in [2.75, 3.05) is 0 Å². The number of aromatic nitrogens is 2. The average molecular weight is 511 g/mol. The molecule has 0 atom stereocenters. The third kappa shape index (κ3) is 6.91. The van der Waals surface area contributed by atoms with Crippen LogP contribution >= 0.6 is 0 Å². The molecule has 2 aromatic heterocycles. The number of pyridine rings is 1. The molecule has 2 heterocycles. The van der Waals surface area contributed by atoms with Crippen molar-refractivity contribution in [3.63, 3.8) is 0 Å². The minimum absolute atomic E-state index is 0.0120. The van der Waals surface area contributed by atoms with Crippen LogP contribution in [-0.2, 0) is 29.1 Å². The van der Waals surface area contributed by atoms with Crippen molar-refractivity contribution in [2.45, 2.75) is 57.6 Å². The topological polar surface area (TPSA) is 105 Å². The highest BCUT2D eigenvalue weighted by Crippen LogP contribution is 2.25. The van der Waals surface area contributed by atoms with Crippen molar-refractivity contribution in [1.29, 1.82) is 0 Å². The van der Waals surface area contributed by atoms with E-state index in [1.165, 1.54) is 36.7 Å². The smallest absolute Gasteiger partial charge is 0.331 e. The van der Waals surface area contributed by atoms with Crippen molar-refractivity contribution < 1.29 is 27.5 Å². The molecule has 0 spiro atoms. The van der Waals surface area contributed by atoms with E-state index >= 15 is 0 Å². The Bertz CT molecular complexity index is 1450. The van der Waals surface area contributed by atoms with E-state index in [0.29, 0.717) is 16.5 Å². The Hall–Kier alpha value is -3.72. The first-order chi connectivity index (χ1) is 16.7. The number of nitrogens with zero attached hydrogens (tertiary/aromatic N) is 2. The Labute approximate surface area is 211 Å². The lowest BCUT2D eigenvalue weighted by Gasteiger charge is -2.18. The van der Waals surface area contributed by atoms with Crippen LogP contribution < -0.4 is 0 Å². The summed E-state index contributed by atoms with van der Waals surface area (Å²) in [7, 11) is -4.04. The van der Waals surface area contributed by atoms with Gasteiger partial charge in [0.15, 0.2) is 5.65 Å². The third-order valence-electron chi connectivity index (χ3n) is 4.59. The van der Waals surface area contributed by atoms with Gasteiger partial charge in [0.2, 0.25) is 0 Å². The SMILES string of the molecule is CC(C)(C)OC(=O)/C=C/c1cnc2c(ccn2S(=O)(=O)c2ccccc2/C=C/C(=O)OC(C)(C)C)c1. The number of rotatable bonds is 6. The summed E-state index contributed by atoms with van der Waals surface area (Å²) in [5.41, 5.74) is -0.0845. The zero-order valence-corrected chi connectivity index (χ0v) is 22.0. The van der Waals surface area contributed by atoms with E-state index in [0.717, 1.165) is 3.97 Å². The second-order valence-corrected chi connectivity index (χ2v) is 11.9. The van der Waals surface area contributed by atoms with E-state index in [9.17, 15) is 18.0 Å². The van der Waals surface area contributed by atoms with Crippen molar-refractivity contribution in [1.82, 2.24) is 8.96 Å². The molecule has 36 heavy (non-hydrogen) atoms. The zero-order chi connectivity index (χ0) is 26.7. The highest BCUT2D eigenvalue weighted by Gasteiger charge is 2.22. The Morgan fingerprint density at radius 2 is 1.47 bits per heavy atom. The first-order valence-corrected chi connectivity index (χ1v) is 12.7. The molecule has 0 unspecified atom stereocenters. The van der Waals surface area contributed by atoms with E-state index in [2.05, 4.69) is 4.98 Å². The van der Waals surface area contributed by atoms with E-state index in [-0.39, 0.29) is 10.5 Å². The summed E-state index contributed by atoms with van der Waals surface area (Å²) in [6.45, 7) is 10.6. The van der Waals surface area contributed by atoms with Gasteiger partial charge in [0.1, 0.15) is 11.2 Å². The Morgan fingerprint density at radius 3 is 2.08 bits per heavy atom. The minimum atomic E-state index is -4.04. The maximum atomic E-state index is 13.5. The number of ether oxygens (including phenoxy) is 2. The van der Waals surface area contributed by atoms with Gasteiger partial charge >= 0.3 is 11.9 Å². The fourth-order valence-electron chi connectivity index (χ4n) is 3.25. The molecule has 0 saturated carbocycles. The van der Waals surface area contributed by atoms with Gasteiger partial charge in [0.05, 0.1) is 4.90 Å². The predicted octanol–water partition coefficient (Wildman–Crippen LogP) is 4.98. The molecule has 9 heteroatoms. The van der Waals surface area contributed by atoms with E-state index in [1.807, 2.05) is 0 Å². The summed E-state index contributed by atoms with van der Waals surface area (Å²) >= 11 is 0. The number of esters is 2. The molecular formula is C27H30N2O6S. The molecule has 0 N–H and O–H groups in total. The summed E-state index contributed by atoms with van der Waals surface area (Å²) in [6.07, 6.45) is 8.37. The molecule has 0 aliphatic heterocycles. The quantitative estimate of drug-likeness (QED) is 0.340. The highest BCUT2D eigenvalue weighted by molar-refractivity contribution is 7.90. The van der Waals surface area contributed by atoms with Crippen LogP contribution in [0.2, 0.25) is 0 Å². The van der Waals surface area contributed by atoms with Crippen molar-refractivity contribution in [2.24, 2.45) is 0 Å². The molecule has 8 nitrogen and oxygen atoms in total. The average Bonchev–Trinajstić information content (AvgIpc) is 3.18. The lowest BCUT2D eigenvalue weighted by atomic mass is 10.2. The van der Waals surface area contributed by atoms with Gasteiger partial charge < -0.3 is 9.47 Å². The molecule has 0 radical (unpaired) electrons. The molecular weight excluding hydrogens is 480 g/mol. The number of fused-ring (bicyclic) bond motifs is 1. The van der Waals surface area contributed by atoms with Crippen molar-refractivity contribution in [3.8, 4) is 0 Å². The third-order valence-corrected chi connectivity index (χ3v) is 6.33. The fourth-order valence-corrected chi connectivity index (χ4v) is 4.75. The number of carbonyl (C=O) groups excluding carboxylic acids is 2. The molecule has 0 amide bonds. The largest absolute Gasteiger partial charge is 0.457 e. The first kappa shape index (κ1) is 26.9. The Balaban J connectivity index is 1.91. The summed E-state index contributed by atoms with van der Waals surface area (Å²) in [5, 5.41) is 0.576. The van der Waals surface area contributed by atoms with Crippen molar-refractivity contribution >= 4 is 45.1 Å². The zero-order valence-electron chi connectivity index (χ0n) is 21.2. The highest BCUT2D eigenvalue weighted by atomic mass is 32.2. The minimum Gasteiger partial charge on any atom is -0.457 e. The predicted molar refractivity (Wildman–Crippen MR) is 139 cm³/mol. The number of hydrogen-bond acceptors (Lipinski definition) is 7. The van der Waals surface area contributed by atoms with Crippen LogP contribution in [0.15, 0.2) is 65.8 Å². The number of benzene rings is 1. The van der Waals surface area contributed by atoms with Crippen LogP contribution in [0.25, 0.3) is 23.2 Å². The van der Waals surface area contributed by atoms with Crippen LogP contribution in [0.4, 0.5) is 0 Å². The molecule has 0 fully saturated rings. The van der Waals surface area contributed by atoms with Crippen LogP contribution in [0.5, 0.6) is 0 Å². The molecule has 1 aromatic carbocycles. The maximum Gasteiger partial charge on any atom is 0.331 e. The second-order valence-electron chi connectivity index (χ2n) is 10.1. The lowest BCUT2D eigenvalue weighted by molar-refractivity contribution is -0.149. The summed E-state index contributed by atoms with van der Waals surface area (Å²) < 4.78 is 38.7. The van der Waals surface area contributed by atoms with Gasteiger partial charge in [-0.2, -0.15) is 0 Å². The summed E-state index contributed by atoms with van der Waals surface area (Å²) in [6, 6.07) is 9.72. The molecule has 3 rings (SSSR count). The van der Waals surface area contributed by atoms with Crippen molar-refractivity contribution in [3.05, 3.63) is 72.1 Å². The van der Waals surface area contributed by atoms with Crippen LogP contribution in [0, 0.1) is 0 Å². The summed E-state index contributed by atoms with van der Waals surface area (Å²) in [5.74, 6) is -1.06. The number of carbonyl (C=O) groups is 2. The summed E-state index contributed by atoms with van der Waals surface area (Å²) in [4.78, 5) is 28.3. The first-order valence-electron chi connectivity index (χ1n) is 11.3. The molecule has 3 aromatic rings. The molecule has 190 valence electrons. The molecule has 0 aliphatic rings. The van der Waals surface area contributed by atoms with Gasteiger partial charge in [0, 0.05) is 29.9 Å². The fraction of sp³-hybridized carbons (Fsp3) is 0.296. The van der Waals surface area contributed by atoms with Gasteiger partial charge in [-0.25, -0.2) is 27.0 Å². The van der Waals surface area contributed by atoms with Crippen LogP contribution in [-0.4, -0.2) is 40.5 Å². The Morgan fingerprint density at radius 1 is 0.889 bits per heavy atom. The van der Waals surface area contributed by atoms with Gasteiger partial charge in [-0.1, -0.05) is 18.2 Å². The standard InChI is InChI=1S/C27H30N2O6S/c1-26(2,3)34-23(30)13-11-19-17-21-15-16-29(25(21)28-18-19)36(32,33)22-10-8-7-9-20(22)12-14-24(31)35-27(4,5)6/h7-18H,1-6H3/b13-11+,14-12+. The Kier molecular flexibility index (Phi) is 7.54. The molecule has 0 bridgehead atoms. The number of hydrogen-bond donors (Lipinski definition) is 0. The van der Waals surface area contributed by atoms with Gasteiger partial charge in [-0.15, -0.1) is 0 Å². The van der Waals surface area contributed by atoms with Gasteiger partial charge in [0.25, 0.3) is 10.0 Å². The molecule has 0 saturated heterocycles. The maximum absolute atomic E-state index is 13.5. The van der Waals surface area contributed by atoms with Crippen LogP contribution in [0.3, 0.4) is 0 Å². The van der Waals surface area contributed by atoms with Gasteiger partial charge in [-0.05, 0) is 83.0 Å². The lowest BCUT2D eigenvalue weighted by Crippen LogP contribution is -2.22. The van der Waals surface area contributed by atoms with E-state index in [1.54, 1.807) is 78.0 Å². The van der Waals surface area contributed by atoms with Gasteiger partial charge in [-0.3, -0.25) is 0 Å².